The Hall–Kier alpha value is -3.97. The predicted molar refractivity (Wildman–Crippen MR) is 140 cm³/mol. The molecule has 0 unspecified atom stereocenters. The Morgan fingerprint density at radius 1 is 1.11 bits per heavy atom. The van der Waals surface area contributed by atoms with E-state index >= 15 is 0 Å². The molecule has 3 aromatic rings. The molecule has 2 saturated heterocycles. The third-order valence-electron chi connectivity index (χ3n) is 6.79. The van der Waals surface area contributed by atoms with Crippen molar-refractivity contribution < 1.29 is 13.9 Å². The largest absolute Gasteiger partial charge is 0.507 e. The first kappa shape index (κ1) is 24.7. The van der Waals surface area contributed by atoms with Crippen LogP contribution in [-0.2, 0) is 0 Å². The lowest BCUT2D eigenvalue weighted by atomic mass is 10.1. The van der Waals surface area contributed by atoms with Crippen molar-refractivity contribution in [2.75, 3.05) is 54.8 Å². The van der Waals surface area contributed by atoms with Crippen LogP contribution in [-0.4, -0.2) is 76.4 Å². The van der Waals surface area contributed by atoms with Crippen LogP contribution in [0.15, 0.2) is 48.7 Å². The molecule has 2 fully saturated rings. The van der Waals surface area contributed by atoms with Crippen molar-refractivity contribution in [2.45, 2.75) is 25.3 Å². The van der Waals surface area contributed by atoms with Gasteiger partial charge in [-0.25, -0.2) is 13.8 Å². The lowest BCUT2D eigenvalue weighted by molar-refractivity contribution is -0.125. The Morgan fingerprint density at radius 2 is 1.92 bits per heavy atom. The fraction of sp³-hybridized carbons (Fsp3) is 0.370. The molecule has 0 saturated carbocycles. The van der Waals surface area contributed by atoms with E-state index in [1.807, 2.05) is 24.3 Å². The first-order valence-electron chi connectivity index (χ1n) is 12.3. The second-order valence-electron chi connectivity index (χ2n) is 9.54. The number of phenolic OH excluding ortho intramolecular Hbond substituents is 1. The minimum Gasteiger partial charge on any atom is -0.507 e. The number of para-hydroxylation sites is 1. The van der Waals surface area contributed by atoms with Gasteiger partial charge in [0.1, 0.15) is 11.4 Å². The van der Waals surface area contributed by atoms with Crippen LogP contribution in [0.4, 0.5) is 26.0 Å². The number of rotatable bonds is 4. The fourth-order valence-electron chi connectivity index (χ4n) is 4.78. The molecule has 8 nitrogen and oxygen atoms in total. The van der Waals surface area contributed by atoms with Gasteiger partial charge in [0.25, 0.3) is 5.92 Å². The Balaban J connectivity index is 1.29. The van der Waals surface area contributed by atoms with E-state index < -0.39 is 5.92 Å². The zero-order valence-corrected chi connectivity index (χ0v) is 20.6. The number of nitrogen functional groups attached to an aromatic ring is 1. The van der Waals surface area contributed by atoms with Crippen LogP contribution in [0.2, 0.25) is 0 Å². The van der Waals surface area contributed by atoms with Gasteiger partial charge in [0.2, 0.25) is 0 Å². The molecule has 2 aliphatic heterocycles. The number of phenols is 1. The maximum Gasteiger partial charge on any atom is 0.273 e. The van der Waals surface area contributed by atoms with Gasteiger partial charge in [0.05, 0.1) is 31.0 Å². The second kappa shape index (κ2) is 10.2. The number of anilines is 3. The molecule has 37 heavy (non-hydrogen) atoms. The molecule has 10 heteroatoms. The van der Waals surface area contributed by atoms with Crippen LogP contribution in [0.25, 0.3) is 11.3 Å². The molecule has 3 N–H and O–H groups in total. The van der Waals surface area contributed by atoms with Gasteiger partial charge in [-0.2, -0.15) is 0 Å². The average Bonchev–Trinajstić information content (AvgIpc) is 3.05. The SMILES string of the molecule is C[C@@H]1CCN(c2cc(-c3ccccc3O)nnc2N)CCN1c1ccnc(C#CCN2CC(F)(F)C2)c1. The van der Waals surface area contributed by atoms with Crippen molar-refractivity contribution in [1.82, 2.24) is 20.1 Å². The zero-order valence-electron chi connectivity index (χ0n) is 20.6. The van der Waals surface area contributed by atoms with Gasteiger partial charge in [-0.15, -0.1) is 10.2 Å². The highest BCUT2D eigenvalue weighted by atomic mass is 19.3. The number of nitrogens with two attached hydrogens (primary N) is 1. The summed E-state index contributed by atoms with van der Waals surface area (Å²) in [5.41, 5.74) is 9.82. The van der Waals surface area contributed by atoms with Gasteiger partial charge in [-0.3, -0.25) is 4.90 Å². The standard InChI is InChI=1S/C27H29F2N7O/c1-19-9-12-35(24-16-23(32-33-26(24)30)22-6-2-3-7-25(22)37)13-14-36(19)21-8-10-31-20(15-21)5-4-11-34-17-27(28,29)18-34/h2-3,6-8,10,15-16,19,37H,9,11-14,17-18H2,1H3,(H2,30,33)/t19-/m1/s1. The van der Waals surface area contributed by atoms with E-state index in [-0.39, 0.29) is 24.9 Å². The van der Waals surface area contributed by atoms with Crippen molar-refractivity contribution in [3.63, 3.8) is 0 Å². The molecule has 0 bridgehead atoms. The van der Waals surface area contributed by atoms with Gasteiger partial charge in [-0.1, -0.05) is 18.1 Å². The predicted octanol–water partition coefficient (Wildman–Crippen LogP) is 3.23. The number of halogens is 2. The Labute approximate surface area is 214 Å². The summed E-state index contributed by atoms with van der Waals surface area (Å²) in [5.74, 6) is 3.88. The van der Waals surface area contributed by atoms with E-state index in [4.69, 9.17) is 5.73 Å². The first-order chi connectivity index (χ1) is 17.8. The summed E-state index contributed by atoms with van der Waals surface area (Å²) in [5, 5.41) is 18.6. The summed E-state index contributed by atoms with van der Waals surface area (Å²) in [6.07, 6.45) is 2.62. The molecule has 0 aliphatic carbocycles. The molecule has 1 atom stereocenters. The van der Waals surface area contributed by atoms with Gasteiger partial charge in [-0.05, 0) is 49.6 Å². The van der Waals surface area contributed by atoms with Gasteiger partial charge < -0.3 is 20.6 Å². The monoisotopic (exact) mass is 505 g/mol. The van der Waals surface area contributed by atoms with Gasteiger partial charge in [0.15, 0.2) is 5.82 Å². The number of alkyl halides is 2. The molecular formula is C27H29F2N7O. The Morgan fingerprint density at radius 3 is 2.70 bits per heavy atom. The molecule has 2 aliphatic rings. The highest BCUT2D eigenvalue weighted by Gasteiger charge is 2.43. The molecule has 2 aromatic heterocycles. The summed E-state index contributed by atoms with van der Waals surface area (Å²) in [6, 6.07) is 13.1. The van der Waals surface area contributed by atoms with Crippen molar-refractivity contribution in [3.05, 3.63) is 54.4 Å². The van der Waals surface area contributed by atoms with E-state index in [2.05, 4.69) is 43.7 Å². The molecule has 192 valence electrons. The van der Waals surface area contributed by atoms with E-state index in [1.165, 1.54) is 0 Å². The molecule has 0 radical (unpaired) electrons. The first-order valence-corrected chi connectivity index (χ1v) is 12.3. The van der Waals surface area contributed by atoms with Crippen molar-refractivity contribution in [3.8, 4) is 28.8 Å². The molecule has 0 amide bonds. The average molecular weight is 506 g/mol. The van der Waals surface area contributed by atoms with Crippen molar-refractivity contribution in [2.24, 2.45) is 0 Å². The van der Waals surface area contributed by atoms with Gasteiger partial charge in [0, 0.05) is 43.1 Å². The summed E-state index contributed by atoms with van der Waals surface area (Å²) in [7, 11) is 0. The normalized spacial score (nSPS) is 19.5. The van der Waals surface area contributed by atoms with Crippen LogP contribution >= 0.6 is 0 Å². The van der Waals surface area contributed by atoms with Gasteiger partial charge >= 0.3 is 0 Å². The second-order valence-corrected chi connectivity index (χ2v) is 9.54. The van der Waals surface area contributed by atoms with E-state index in [9.17, 15) is 13.9 Å². The van der Waals surface area contributed by atoms with Crippen LogP contribution in [0, 0.1) is 11.8 Å². The number of pyridine rings is 1. The number of aromatic nitrogens is 3. The quantitative estimate of drug-likeness (QED) is 0.522. The fourth-order valence-corrected chi connectivity index (χ4v) is 4.78. The smallest absolute Gasteiger partial charge is 0.273 e. The van der Waals surface area contributed by atoms with E-state index in [1.54, 1.807) is 29.3 Å². The van der Waals surface area contributed by atoms with E-state index in [0.717, 1.165) is 30.9 Å². The molecule has 1 aromatic carbocycles. The zero-order chi connectivity index (χ0) is 26.0. The summed E-state index contributed by atoms with van der Waals surface area (Å²) in [4.78, 5) is 10.5. The third-order valence-corrected chi connectivity index (χ3v) is 6.79. The minimum absolute atomic E-state index is 0.141. The van der Waals surface area contributed by atoms with Crippen LogP contribution in [0.5, 0.6) is 5.75 Å². The number of benzene rings is 1. The van der Waals surface area contributed by atoms with E-state index in [0.29, 0.717) is 35.9 Å². The lowest BCUT2D eigenvalue weighted by Crippen LogP contribution is -2.55. The highest BCUT2D eigenvalue weighted by molar-refractivity contribution is 5.74. The number of nitrogens with zero attached hydrogens (tertiary/aromatic N) is 6. The Bertz CT molecular complexity index is 1330. The van der Waals surface area contributed by atoms with Crippen molar-refractivity contribution >= 4 is 17.2 Å². The Kier molecular flexibility index (Phi) is 6.80. The number of hydrogen-bond acceptors (Lipinski definition) is 8. The van der Waals surface area contributed by atoms with Crippen LogP contribution in [0.3, 0.4) is 0 Å². The highest BCUT2D eigenvalue weighted by Crippen LogP contribution is 2.32. The van der Waals surface area contributed by atoms with Crippen molar-refractivity contribution in [1.29, 1.82) is 0 Å². The maximum absolute atomic E-state index is 13.0. The number of aromatic hydroxyl groups is 1. The lowest BCUT2D eigenvalue weighted by Gasteiger charge is -2.37. The topological polar surface area (TPSA) is 94.6 Å². The molecule has 4 heterocycles. The molecule has 5 rings (SSSR count). The maximum atomic E-state index is 13.0. The molecular weight excluding hydrogens is 476 g/mol. The summed E-state index contributed by atoms with van der Waals surface area (Å²) in [6.45, 7) is 4.26. The van der Waals surface area contributed by atoms with Crippen LogP contribution < -0.4 is 15.5 Å². The summed E-state index contributed by atoms with van der Waals surface area (Å²) >= 11 is 0. The minimum atomic E-state index is -2.58. The number of likely N-dealkylation sites (tertiary alicyclic amines) is 1. The third kappa shape index (κ3) is 5.57. The van der Waals surface area contributed by atoms with Crippen LogP contribution in [0.1, 0.15) is 19.0 Å². The summed E-state index contributed by atoms with van der Waals surface area (Å²) < 4.78 is 26.0. The number of hydrogen-bond donors (Lipinski definition) is 2. The molecule has 0 spiro atoms.